The van der Waals surface area contributed by atoms with Crippen LogP contribution in [0.4, 0.5) is 10.1 Å². The van der Waals surface area contributed by atoms with E-state index in [9.17, 15) is 14.0 Å². The number of anilines is 1. The fourth-order valence-corrected chi connectivity index (χ4v) is 4.63. The van der Waals surface area contributed by atoms with Crippen molar-refractivity contribution in [3.05, 3.63) is 119 Å². The average Bonchev–Trinajstić information content (AvgIpc) is 3.49. The Morgan fingerprint density at radius 2 is 1.70 bits per heavy atom. The smallest absolute Gasteiger partial charge is 0.251 e. The molecule has 0 bridgehead atoms. The van der Waals surface area contributed by atoms with Gasteiger partial charge in [-0.1, -0.05) is 24.3 Å². The molecule has 0 aliphatic rings. The van der Waals surface area contributed by atoms with Crippen LogP contribution < -0.4 is 15.0 Å². The van der Waals surface area contributed by atoms with Crippen LogP contribution in [0.5, 0.6) is 5.75 Å². The van der Waals surface area contributed by atoms with E-state index in [1.165, 1.54) is 29.2 Å². The first-order valence-corrected chi connectivity index (χ1v) is 13.6. The number of benzene rings is 3. The molecule has 11 heteroatoms. The van der Waals surface area contributed by atoms with Crippen LogP contribution in [0.1, 0.15) is 28.3 Å². The molecule has 10 nitrogen and oxygen atoms in total. The van der Waals surface area contributed by atoms with Gasteiger partial charge in [-0.2, -0.15) is 4.80 Å². The van der Waals surface area contributed by atoms with Crippen molar-refractivity contribution in [1.29, 1.82) is 0 Å². The molecule has 0 aliphatic carbocycles. The molecular weight excluding hydrogens is 549 g/mol. The summed E-state index contributed by atoms with van der Waals surface area (Å²) >= 11 is 0. The number of nitrogens with zero attached hydrogens (tertiary/aromatic N) is 6. The van der Waals surface area contributed by atoms with Gasteiger partial charge in [-0.3, -0.25) is 19.5 Å². The van der Waals surface area contributed by atoms with Gasteiger partial charge in [-0.05, 0) is 95.9 Å². The maximum absolute atomic E-state index is 14.2. The van der Waals surface area contributed by atoms with Crippen molar-refractivity contribution < 1.29 is 18.7 Å². The Bertz CT molecular complexity index is 1710. The van der Waals surface area contributed by atoms with Crippen LogP contribution in [0.2, 0.25) is 0 Å². The van der Waals surface area contributed by atoms with Gasteiger partial charge >= 0.3 is 0 Å². The van der Waals surface area contributed by atoms with Gasteiger partial charge in [0.1, 0.15) is 24.2 Å². The van der Waals surface area contributed by atoms with E-state index < -0.39 is 11.9 Å². The van der Waals surface area contributed by atoms with E-state index in [1.807, 2.05) is 56.3 Å². The van der Waals surface area contributed by atoms with Gasteiger partial charge < -0.3 is 10.1 Å². The molecule has 43 heavy (non-hydrogen) atoms. The quantitative estimate of drug-likeness (QED) is 0.257. The first-order chi connectivity index (χ1) is 20.8. The van der Waals surface area contributed by atoms with E-state index in [-0.39, 0.29) is 30.6 Å². The van der Waals surface area contributed by atoms with Gasteiger partial charge in [-0.15, -0.1) is 10.2 Å². The second-order valence-electron chi connectivity index (χ2n) is 9.88. The summed E-state index contributed by atoms with van der Waals surface area (Å²) in [5.41, 5.74) is 4.38. The topological polar surface area (TPSA) is 115 Å². The minimum atomic E-state index is -1.03. The predicted molar refractivity (Wildman–Crippen MR) is 158 cm³/mol. The molecule has 3 aromatic carbocycles. The number of ether oxygens (including phenoxy) is 1. The van der Waals surface area contributed by atoms with Crippen molar-refractivity contribution in [2.75, 3.05) is 12.0 Å². The van der Waals surface area contributed by atoms with Crippen molar-refractivity contribution in [2.24, 2.45) is 0 Å². The van der Waals surface area contributed by atoms with E-state index in [0.717, 1.165) is 21.5 Å². The summed E-state index contributed by atoms with van der Waals surface area (Å²) < 4.78 is 18.6. The number of aromatic nitrogens is 5. The number of halogens is 1. The van der Waals surface area contributed by atoms with Crippen LogP contribution in [0.25, 0.3) is 11.4 Å². The van der Waals surface area contributed by atoms with Crippen molar-refractivity contribution >= 4 is 17.5 Å². The summed E-state index contributed by atoms with van der Waals surface area (Å²) in [6, 6.07) is 21.0. The number of carbonyl (C=O) groups excluding carboxylic acids is 2. The van der Waals surface area contributed by atoms with Crippen molar-refractivity contribution in [2.45, 2.75) is 33.0 Å². The van der Waals surface area contributed by atoms with Crippen LogP contribution >= 0.6 is 0 Å². The summed E-state index contributed by atoms with van der Waals surface area (Å²) in [5, 5.41) is 15.4. The summed E-state index contributed by atoms with van der Waals surface area (Å²) in [7, 11) is 1.59. The Labute approximate surface area is 248 Å². The fourth-order valence-electron chi connectivity index (χ4n) is 4.63. The zero-order chi connectivity index (χ0) is 30.3. The third kappa shape index (κ3) is 6.72. The second-order valence-corrected chi connectivity index (χ2v) is 9.88. The molecule has 0 saturated carbocycles. The number of nitrogens with one attached hydrogen (secondary N) is 1. The van der Waals surface area contributed by atoms with E-state index in [0.29, 0.717) is 22.6 Å². The summed E-state index contributed by atoms with van der Waals surface area (Å²) in [5.74, 6) is -0.245. The summed E-state index contributed by atoms with van der Waals surface area (Å²) in [6.07, 6.45) is 3.16. The SMILES string of the molecule is COc1ccc(CNC(=O)[C@H](c2ccncc2)N(C(=O)Cn2nnc(-c3ccc(F)cc3)n2)c2cccc(C)c2C)cc1. The van der Waals surface area contributed by atoms with Gasteiger partial charge in [0.05, 0.1) is 7.11 Å². The molecule has 2 aromatic heterocycles. The highest BCUT2D eigenvalue weighted by molar-refractivity contribution is 6.01. The molecule has 5 rings (SSSR count). The normalized spacial score (nSPS) is 11.5. The molecular formula is C32H30FN7O3. The Kier molecular flexibility index (Phi) is 8.80. The Morgan fingerprint density at radius 3 is 2.40 bits per heavy atom. The molecule has 1 atom stereocenters. The molecule has 5 aromatic rings. The lowest BCUT2D eigenvalue weighted by atomic mass is 10.0. The lowest BCUT2D eigenvalue weighted by Gasteiger charge is -2.32. The Hall–Kier alpha value is -5.45. The first kappa shape index (κ1) is 29.1. The lowest BCUT2D eigenvalue weighted by Crippen LogP contribution is -2.45. The zero-order valence-corrected chi connectivity index (χ0v) is 23.9. The van der Waals surface area contributed by atoms with Crippen LogP contribution in [0.15, 0.2) is 91.3 Å². The highest BCUT2D eigenvalue weighted by atomic mass is 19.1. The number of hydrogen-bond acceptors (Lipinski definition) is 7. The monoisotopic (exact) mass is 579 g/mol. The van der Waals surface area contributed by atoms with Crippen molar-refractivity contribution in [1.82, 2.24) is 30.5 Å². The molecule has 218 valence electrons. The van der Waals surface area contributed by atoms with Crippen LogP contribution in [0, 0.1) is 19.7 Å². The predicted octanol–water partition coefficient (Wildman–Crippen LogP) is 4.59. The Morgan fingerprint density at radius 1 is 0.977 bits per heavy atom. The number of amides is 2. The van der Waals surface area contributed by atoms with E-state index in [2.05, 4.69) is 25.7 Å². The maximum atomic E-state index is 14.2. The summed E-state index contributed by atoms with van der Waals surface area (Å²) in [6.45, 7) is 3.80. The van der Waals surface area contributed by atoms with Crippen molar-refractivity contribution in [3.8, 4) is 17.1 Å². The molecule has 0 aliphatic heterocycles. The minimum absolute atomic E-state index is 0.241. The van der Waals surface area contributed by atoms with Gasteiger partial charge in [0.2, 0.25) is 11.7 Å². The molecule has 2 heterocycles. The largest absolute Gasteiger partial charge is 0.497 e. The van der Waals surface area contributed by atoms with Crippen LogP contribution in [-0.2, 0) is 22.7 Å². The second kappa shape index (κ2) is 13.0. The standard InChI is InChI=1S/C32H30FN7O3/c1-21-5-4-6-28(22(21)2)40(29(41)20-39-37-31(36-38-39)25-9-11-26(33)12-10-25)30(24-15-17-34-18-16-24)32(42)35-19-23-7-13-27(43-3)14-8-23/h4-18,30H,19-20H2,1-3H3,(H,35,42)/t30-/m0/s1. The average molecular weight is 580 g/mol. The molecule has 2 amide bonds. The number of tetrazole rings is 1. The molecule has 0 spiro atoms. The maximum Gasteiger partial charge on any atom is 0.251 e. The van der Waals surface area contributed by atoms with E-state index in [4.69, 9.17) is 4.74 Å². The number of aryl methyl sites for hydroxylation is 1. The molecule has 0 fully saturated rings. The van der Waals surface area contributed by atoms with Gasteiger partial charge in [0.25, 0.3) is 5.91 Å². The molecule has 0 saturated heterocycles. The number of hydrogen-bond donors (Lipinski definition) is 1. The number of pyridine rings is 1. The van der Waals surface area contributed by atoms with Crippen LogP contribution in [0.3, 0.4) is 0 Å². The third-order valence-electron chi connectivity index (χ3n) is 7.09. The molecule has 1 N–H and O–H groups in total. The number of methoxy groups -OCH3 is 1. The first-order valence-electron chi connectivity index (χ1n) is 13.6. The van der Waals surface area contributed by atoms with Crippen LogP contribution in [-0.4, -0.2) is 44.1 Å². The fraction of sp³-hybridized carbons (Fsp3) is 0.188. The third-order valence-corrected chi connectivity index (χ3v) is 7.09. The number of rotatable bonds is 10. The van der Waals surface area contributed by atoms with Gasteiger partial charge in [0.15, 0.2) is 0 Å². The summed E-state index contributed by atoms with van der Waals surface area (Å²) in [4.78, 5) is 34.9. The van der Waals surface area contributed by atoms with Gasteiger partial charge in [-0.25, -0.2) is 4.39 Å². The lowest BCUT2D eigenvalue weighted by molar-refractivity contribution is -0.127. The Balaban J connectivity index is 1.49. The minimum Gasteiger partial charge on any atom is -0.497 e. The zero-order valence-electron chi connectivity index (χ0n) is 23.9. The van der Waals surface area contributed by atoms with E-state index in [1.54, 1.807) is 31.6 Å². The van der Waals surface area contributed by atoms with E-state index >= 15 is 0 Å². The number of carbonyl (C=O) groups is 2. The molecule has 0 radical (unpaired) electrons. The highest BCUT2D eigenvalue weighted by Gasteiger charge is 2.34. The highest BCUT2D eigenvalue weighted by Crippen LogP contribution is 2.32. The molecule has 0 unspecified atom stereocenters. The van der Waals surface area contributed by atoms with Gasteiger partial charge in [0, 0.05) is 30.2 Å². The van der Waals surface area contributed by atoms with Crippen molar-refractivity contribution in [3.63, 3.8) is 0 Å².